The average Bonchev–Trinajstić information content (AvgIpc) is 2.66. The molecule has 0 spiro atoms. The second kappa shape index (κ2) is 5.00. The summed E-state index contributed by atoms with van der Waals surface area (Å²) in [6.07, 6.45) is 0.982. The third kappa shape index (κ3) is 2.94. The molecule has 2 rings (SSSR count). The number of nitrogens with two attached hydrogens (primary N) is 1. The molecule has 92 valence electrons. The Labute approximate surface area is 104 Å². The van der Waals surface area contributed by atoms with Gasteiger partial charge in [-0.15, -0.1) is 0 Å². The van der Waals surface area contributed by atoms with Crippen LogP contribution in [0.5, 0.6) is 0 Å². The van der Waals surface area contributed by atoms with Crippen LogP contribution >= 0.6 is 11.6 Å². The first kappa shape index (κ1) is 12.3. The zero-order chi connectivity index (χ0) is 12.4. The number of rotatable bonds is 3. The van der Waals surface area contributed by atoms with Crippen molar-refractivity contribution in [3.05, 3.63) is 38.9 Å². The maximum Gasteiger partial charge on any atom is 0.288 e. The van der Waals surface area contributed by atoms with E-state index in [1.54, 1.807) is 6.07 Å². The van der Waals surface area contributed by atoms with Crippen LogP contribution in [-0.4, -0.2) is 29.0 Å². The normalized spacial score (nSPS) is 20.7. The standard InChI is InChI=1S/C11H14ClN3O2/c12-10-2-1-8(5-11(10)15(16)17)6-14-4-3-9(13)7-14/h1-2,5,9H,3-4,6-7,13H2/t9-/m0/s1. The highest BCUT2D eigenvalue weighted by Gasteiger charge is 2.20. The Hall–Kier alpha value is -1.17. The summed E-state index contributed by atoms with van der Waals surface area (Å²) in [7, 11) is 0. The molecule has 0 radical (unpaired) electrons. The fraction of sp³-hybridized carbons (Fsp3) is 0.455. The number of hydrogen-bond donors (Lipinski definition) is 1. The van der Waals surface area contributed by atoms with Gasteiger partial charge in [-0.25, -0.2) is 0 Å². The van der Waals surface area contributed by atoms with Crippen LogP contribution in [-0.2, 0) is 6.54 Å². The number of halogens is 1. The Kier molecular flexibility index (Phi) is 3.61. The van der Waals surface area contributed by atoms with Gasteiger partial charge in [0.2, 0.25) is 0 Å². The van der Waals surface area contributed by atoms with E-state index < -0.39 is 4.92 Å². The molecule has 0 bridgehead atoms. The van der Waals surface area contributed by atoms with Crippen LogP contribution in [0.2, 0.25) is 5.02 Å². The highest BCUT2D eigenvalue weighted by atomic mass is 35.5. The lowest BCUT2D eigenvalue weighted by Crippen LogP contribution is -2.26. The van der Waals surface area contributed by atoms with Crippen LogP contribution in [0.4, 0.5) is 5.69 Å². The summed E-state index contributed by atoms with van der Waals surface area (Å²) in [5, 5.41) is 10.9. The van der Waals surface area contributed by atoms with Crippen molar-refractivity contribution in [1.29, 1.82) is 0 Å². The number of benzene rings is 1. The molecular weight excluding hydrogens is 242 g/mol. The molecular formula is C11H14ClN3O2. The lowest BCUT2D eigenvalue weighted by atomic mass is 10.2. The minimum absolute atomic E-state index is 0.0346. The van der Waals surface area contributed by atoms with Crippen molar-refractivity contribution >= 4 is 17.3 Å². The minimum Gasteiger partial charge on any atom is -0.326 e. The first-order valence-electron chi connectivity index (χ1n) is 5.47. The van der Waals surface area contributed by atoms with Gasteiger partial charge in [0.25, 0.3) is 5.69 Å². The van der Waals surface area contributed by atoms with Crippen LogP contribution in [0, 0.1) is 10.1 Å². The number of hydrogen-bond acceptors (Lipinski definition) is 4. The average molecular weight is 256 g/mol. The summed E-state index contributed by atoms with van der Waals surface area (Å²) in [5.41, 5.74) is 6.67. The molecule has 1 fully saturated rings. The SMILES string of the molecule is N[C@H]1CCN(Cc2ccc(Cl)c([N+](=O)[O-])c2)C1. The maximum atomic E-state index is 10.8. The van der Waals surface area contributed by atoms with E-state index in [4.69, 9.17) is 17.3 Å². The zero-order valence-electron chi connectivity index (χ0n) is 9.30. The summed E-state index contributed by atoms with van der Waals surface area (Å²) in [5.74, 6) is 0. The van der Waals surface area contributed by atoms with Gasteiger partial charge in [0, 0.05) is 31.7 Å². The Morgan fingerprint density at radius 1 is 1.59 bits per heavy atom. The lowest BCUT2D eigenvalue weighted by molar-refractivity contribution is -0.384. The van der Waals surface area contributed by atoms with Crippen molar-refractivity contribution in [3.8, 4) is 0 Å². The fourth-order valence-electron chi connectivity index (χ4n) is 2.06. The summed E-state index contributed by atoms with van der Waals surface area (Å²) < 4.78 is 0. The first-order chi connectivity index (χ1) is 8.06. The predicted octanol–water partition coefficient (Wildman–Crippen LogP) is 1.78. The molecule has 1 aliphatic heterocycles. The third-order valence-electron chi connectivity index (χ3n) is 2.92. The van der Waals surface area contributed by atoms with Crippen LogP contribution in [0.3, 0.4) is 0 Å². The van der Waals surface area contributed by atoms with E-state index in [2.05, 4.69) is 4.90 Å². The molecule has 0 saturated carbocycles. The molecule has 5 nitrogen and oxygen atoms in total. The van der Waals surface area contributed by atoms with Gasteiger partial charge in [-0.2, -0.15) is 0 Å². The van der Waals surface area contributed by atoms with E-state index in [-0.39, 0.29) is 16.8 Å². The molecule has 1 aromatic carbocycles. The van der Waals surface area contributed by atoms with Crippen molar-refractivity contribution in [2.45, 2.75) is 19.0 Å². The van der Waals surface area contributed by atoms with E-state index in [9.17, 15) is 10.1 Å². The van der Waals surface area contributed by atoms with Crippen LogP contribution in [0.25, 0.3) is 0 Å². The summed E-state index contributed by atoms with van der Waals surface area (Å²) >= 11 is 5.76. The van der Waals surface area contributed by atoms with E-state index in [0.717, 1.165) is 25.1 Å². The van der Waals surface area contributed by atoms with Crippen molar-refractivity contribution in [2.75, 3.05) is 13.1 Å². The molecule has 1 aliphatic rings. The van der Waals surface area contributed by atoms with E-state index in [0.29, 0.717) is 6.54 Å². The molecule has 1 saturated heterocycles. The maximum absolute atomic E-state index is 10.8. The van der Waals surface area contributed by atoms with Gasteiger partial charge in [-0.1, -0.05) is 17.7 Å². The molecule has 2 N–H and O–H groups in total. The van der Waals surface area contributed by atoms with Crippen molar-refractivity contribution in [3.63, 3.8) is 0 Å². The molecule has 0 unspecified atom stereocenters. The predicted molar refractivity (Wildman–Crippen MR) is 66.0 cm³/mol. The van der Waals surface area contributed by atoms with Gasteiger partial charge in [0.15, 0.2) is 0 Å². The monoisotopic (exact) mass is 255 g/mol. The molecule has 0 aromatic heterocycles. The van der Waals surface area contributed by atoms with Crippen molar-refractivity contribution < 1.29 is 4.92 Å². The van der Waals surface area contributed by atoms with Gasteiger partial charge in [0.05, 0.1) is 4.92 Å². The topological polar surface area (TPSA) is 72.4 Å². The van der Waals surface area contributed by atoms with Gasteiger partial charge in [-0.3, -0.25) is 15.0 Å². The fourth-order valence-corrected chi connectivity index (χ4v) is 2.25. The van der Waals surface area contributed by atoms with E-state index in [1.807, 2.05) is 6.07 Å². The van der Waals surface area contributed by atoms with Crippen LogP contribution in [0.15, 0.2) is 18.2 Å². The quantitative estimate of drug-likeness (QED) is 0.660. The molecule has 0 amide bonds. The first-order valence-corrected chi connectivity index (χ1v) is 5.85. The molecule has 1 aromatic rings. The third-order valence-corrected chi connectivity index (χ3v) is 3.24. The zero-order valence-corrected chi connectivity index (χ0v) is 10.1. The smallest absolute Gasteiger partial charge is 0.288 e. The van der Waals surface area contributed by atoms with Gasteiger partial charge in [-0.05, 0) is 18.1 Å². The summed E-state index contributed by atoms with van der Waals surface area (Å²) in [4.78, 5) is 12.5. The van der Waals surface area contributed by atoms with Crippen molar-refractivity contribution in [1.82, 2.24) is 4.90 Å². The van der Waals surface area contributed by atoms with Crippen molar-refractivity contribution in [2.24, 2.45) is 5.73 Å². The second-order valence-electron chi connectivity index (χ2n) is 4.33. The Morgan fingerprint density at radius 2 is 2.35 bits per heavy atom. The highest BCUT2D eigenvalue weighted by molar-refractivity contribution is 6.32. The molecule has 0 aliphatic carbocycles. The van der Waals surface area contributed by atoms with E-state index in [1.165, 1.54) is 6.07 Å². The largest absolute Gasteiger partial charge is 0.326 e. The van der Waals surface area contributed by atoms with Crippen LogP contribution < -0.4 is 5.73 Å². The van der Waals surface area contributed by atoms with Gasteiger partial charge in [0.1, 0.15) is 5.02 Å². The lowest BCUT2D eigenvalue weighted by Gasteiger charge is -2.14. The second-order valence-corrected chi connectivity index (χ2v) is 4.73. The van der Waals surface area contributed by atoms with Crippen LogP contribution in [0.1, 0.15) is 12.0 Å². The molecule has 6 heteroatoms. The minimum atomic E-state index is -0.457. The van der Waals surface area contributed by atoms with Gasteiger partial charge < -0.3 is 5.73 Å². The molecule has 17 heavy (non-hydrogen) atoms. The number of nitro benzene ring substituents is 1. The Morgan fingerprint density at radius 3 is 2.94 bits per heavy atom. The Bertz CT molecular complexity index is 439. The molecule has 1 atom stereocenters. The highest BCUT2D eigenvalue weighted by Crippen LogP contribution is 2.26. The molecule has 1 heterocycles. The van der Waals surface area contributed by atoms with E-state index >= 15 is 0 Å². The van der Waals surface area contributed by atoms with Gasteiger partial charge >= 0.3 is 0 Å². The summed E-state index contributed by atoms with van der Waals surface area (Å²) in [6, 6.07) is 5.15. The Balaban J connectivity index is 2.11. The number of likely N-dealkylation sites (tertiary alicyclic amines) is 1. The number of nitrogens with zero attached hydrogens (tertiary/aromatic N) is 2. The summed E-state index contributed by atoms with van der Waals surface area (Å²) in [6.45, 7) is 2.47. The number of nitro groups is 1.